The van der Waals surface area contributed by atoms with E-state index in [9.17, 15) is 0 Å². The van der Waals surface area contributed by atoms with Crippen molar-refractivity contribution < 1.29 is 0 Å². The van der Waals surface area contributed by atoms with E-state index < -0.39 is 0 Å². The molecule has 0 fully saturated rings. The fourth-order valence-corrected chi connectivity index (χ4v) is 2.07. The largest absolute Gasteiger partial charge is 0.314 e. The van der Waals surface area contributed by atoms with Crippen molar-refractivity contribution >= 4 is 0 Å². The summed E-state index contributed by atoms with van der Waals surface area (Å²) in [6.45, 7) is 6.68. The van der Waals surface area contributed by atoms with E-state index in [0.717, 1.165) is 43.9 Å². The van der Waals surface area contributed by atoms with Gasteiger partial charge >= 0.3 is 0 Å². The summed E-state index contributed by atoms with van der Waals surface area (Å²) < 4.78 is 3.96. The minimum Gasteiger partial charge on any atom is -0.314 e. The highest BCUT2D eigenvalue weighted by Gasteiger charge is 2.06. The van der Waals surface area contributed by atoms with Crippen LogP contribution in [0.5, 0.6) is 0 Å². The molecule has 0 atom stereocenters. The van der Waals surface area contributed by atoms with Crippen LogP contribution in [0.3, 0.4) is 0 Å². The van der Waals surface area contributed by atoms with Crippen LogP contribution in [0.2, 0.25) is 0 Å². The summed E-state index contributed by atoms with van der Waals surface area (Å²) in [5.74, 6) is 0. The summed E-state index contributed by atoms with van der Waals surface area (Å²) in [5.41, 5.74) is 3.41. The van der Waals surface area contributed by atoms with Gasteiger partial charge in [-0.25, -0.2) is 0 Å². The van der Waals surface area contributed by atoms with Gasteiger partial charge in [-0.3, -0.25) is 9.36 Å². The lowest BCUT2D eigenvalue weighted by Crippen LogP contribution is -2.11. The maximum Gasteiger partial charge on any atom is 0.0964 e. The normalized spacial score (nSPS) is 11.1. The Balaban J connectivity index is 1.98. The zero-order valence-electron chi connectivity index (χ0n) is 11.9. The zero-order chi connectivity index (χ0) is 13.7. The van der Waals surface area contributed by atoms with Gasteiger partial charge in [0, 0.05) is 18.4 Å². The number of nitrogens with one attached hydrogen (secondary N) is 1. The predicted molar refractivity (Wildman–Crippen MR) is 73.8 cm³/mol. The third-order valence-electron chi connectivity index (χ3n) is 3.12. The molecule has 2 heterocycles. The Bertz CT molecular complexity index is 513. The number of rotatable bonds is 7. The van der Waals surface area contributed by atoms with Crippen LogP contribution in [-0.4, -0.2) is 31.8 Å². The van der Waals surface area contributed by atoms with Crippen LogP contribution in [0.1, 0.15) is 30.9 Å². The average molecular weight is 262 g/mol. The van der Waals surface area contributed by atoms with E-state index in [1.54, 1.807) is 0 Å². The van der Waals surface area contributed by atoms with Crippen LogP contribution in [0.4, 0.5) is 0 Å². The quantitative estimate of drug-likeness (QED) is 0.809. The summed E-state index contributed by atoms with van der Waals surface area (Å²) in [6, 6.07) is 2.19. The molecule has 0 saturated heterocycles. The predicted octanol–water partition coefficient (Wildman–Crippen LogP) is 1.02. The Labute approximate surface area is 113 Å². The summed E-state index contributed by atoms with van der Waals surface area (Å²) >= 11 is 0. The molecule has 2 aromatic rings. The number of hydrogen-bond donors (Lipinski definition) is 1. The van der Waals surface area contributed by atoms with Gasteiger partial charge in [-0.15, -0.1) is 5.10 Å². The molecule has 1 N–H and O–H groups in total. The highest BCUT2D eigenvalue weighted by Crippen LogP contribution is 2.06. The second kappa shape index (κ2) is 6.47. The van der Waals surface area contributed by atoms with Gasteiger partial charge in [-0.1, -0.05) is 19.1 Å². The molecule has 0 aliphatic heterocycles. The zero-order valence-corrected chi connectivity index (χ0v) is 11.9. The summed E-state index contributed by atoms with van der Waals surface area (Å²) in [4.78, 5) is 0. The Morgan fingerprint density at radius 1 is 1.16 bits per heavy atom. The van der Waals surface area contributed by atoms with Crippen LogP contribution in [-0.2, 0) is 32.5 Å². The third-order valence-corrected chi connectivity index (χ3v) is 3.12. The Morgan fingerprint density at radius 2 is 2.00 bits per heavy atom. The molecule has 2 aromatic heterocycles. The standard InChI is InChI=1S/C13H22N6/c1-4-11-8-13(5-2)19(16-11)7-6-18-10-12(9-14-3)15-17-18/h8,10,14H,4-7,9H2,1-3H3. The van der Waals surface area contributed by atoms with Crippen molar-refractivity contribution in [3.8, 4) is 0 Å². The van der Waals surface area contributed by atoms with Gasteiger partial charge in [0.25, 0.3) is 0 Å². The lowest BCUT2D eigenvalue weighted by atomic mass is 10.3. The van der Waals surface area contributed by atoms with Crippen molar-refractivity contribution in [2.45, 2.75) is 46.3 Å². The van der Waals surface area contributed by atoms with Crippen LogP contribution in [0, 0.1) is 0 Å². The molecule has 0 bridgehead atoms. The number of nitrogens with zero attached hydrogens (tertiary/aromatic N) is 5. The van der Waals surface area contributed by atoms with Gasteiger partial charge < -0.3 is 5.32 Å². The van der Waals surface area contributed by atoms with Gasteiger partial charge in [0.1, 0.15) is 0 Å². The van der Waals surface area contributed by atoms with Gasteiger partial charge in [0.05, 0.1) is 24.5 Å². The van der Waals surface area contributed by atoms with Gasteiger partial charge in [-0.05, 0) is 26.0 Å². The molecule has 104 valence electrons. The molecule has 0 aliphatic carbocycles. The van der Waals surface area contributed by atoms with E-state index in [2.05, 4.69) is 45.3 Å². The van der Waals surface area contributed by atoms with Crippen molar-refractivity contribution in [2.24, 2.45) is 0 Å². The molecule has 0 aliphatic rings. The first-order chi connectivity index (χ1) is 9.26. The van der Waals surface area contributed by atoms with Crippen molar-refractivity contribution in [1.82, 2.24) is 30.1 Å². The van der Waals surface area contributed by atoms with E-state index in [1.165, 1.54) is 5.69 Å². The van der Waals surface area contributed by atoms with E-state index >= 15 is 0 Å². The number of aryl methyl sites for hydroxylation is 4. The molecule has 0 spiro atoms. The van der Waals surface area contributed by atoms with Crippen molar-refractivity contribution in [2.75, 3.05) is 7.05 Å². The van der Waals surface area contributed by atoms with E-state index in [1.807, 2.05) is 17.9 Å². The molecule has 6 heteroatoms. The molecule has 0 saturated carbocycles. The van der Waals surface area contributed by atoms with E-state index in [-0.39, 0.29) is 0 Å². The Hall–Kier alpha value is -1.69. The van der Waals surface area contributed by atoms with Crippen LogP contribution < -0.4 is 5.32 Å². The van der Waals surface area contributed by atoms with Gasteiger partial charge in [-0.2, -0.15) is 5.10 Å². The van der Waals surface area contributed by atoms with Gasteiger partial charge in [0.15, 0.2) is 0 Å². The first kappa shape index (κ1) is 13.7. The summed E-state index contributed by atoms with van der Waals surface area (Å²) in [6.07, 6.45) is 3.97. The minimum absolute atomic E-state index is 0.752. The molecule has 19 heavy (non-hydrogen) atoms. The molecule has 0 radical (unpaired) electrons. The Kier molecular flexibility index (Phi) is 4.68. The maximum atomic E-state index is 4.60. The first-order valence-electron chi connectivity index (χ1n) is 6.86. The van der Waals surface area contributed by atoms with Crippen molar-refractivity contribution in [3.63, 3.8) is 0 Å². The number of hydrogen-bond acceptors (Lipinski definition) is 4. The van der Waals surface area contributed by atoms with Gasteiger partial charge in [0.2, 0.25) is 0 Å². The lowest BCUT2D eigenvalue weighted by Gasteiger charge is -2.05. The second-order valence-electron chi connectivity index (χ2n) is 4.56. The molecule has 0 aromatic carbocycles. The molecule has 0 amide bonds. The monoisotopic (exact) mass is 262 g/mol. The second-order valence-corrected chi connectivity index (χ2v) is 4.56. The van der Waals surface area contributed by atoms with Crippen LogP contribution >= 0.6 is 0 Å². The Morgan fingerprint density at radius 3 is 2.68 bits per heavy atom. The molecule has 6 nitrogen and oxygen atoms in total. The van der Waals surface area contributed by atoms with E-state index in [0.29, 0.717) is 0 Å². The molecular weight excluding hydrogens is 240 g/mol. The first-order valence-corrected chi connectivity index (χ1v) is 6.86. The highest BCUT2D eigenvalue weighted by molar-refractivity contribution is 5.10. The van der Waals surface area contributed by atoms with Crippen molar-refractivity contribution in [3.05, 3.63) is 29.3 Å². The maximum absolute atomic E-state index is 4.60. The topological polar surface area (TPSA) is 60.6 Å². The van der Waals surface area contributed by atoms with E-state index in [4.69, 9.17) is 0 Å². The molecule has 0 unspecified atom stereocenters. The third kappa shape index (κ3) is 3.41. The fourth-order valence-electron chi connectivity index (χ4n) is 2.07. The number of aromatic nitrogens is 5. The lowest BCUT2D eigenvalue weighted by molar-refractivity contribution is 0.477. The molecule has 2 rings (SSSR count). The average Bonchev–Trinajstić information content (AvgIpc) is 3.02. The fraction of sp³-hybridized carbons (Fsp3) is 0.615. The highest BCUT2D eigenvalue weighted by atomic mass is 15.4. The summed E-state index contributed by atoms with van der Waals surface area (Å²) in [7, 11) is 1.91. The summed E-state index contributed by atoms with van der Waals surface area (Å²) in [5, 5.41) is 15.9. The van der Waals surface area contributed by atoms with Crippen LogP contribution in [0.25, 0.3) is 0 Å². The molecular formula is C13H22N6. The SMILES string of the molecule is CCc1cc(CC)n(CCn2cc(CNC)nn2)n1. The minimum atomic E-state index is 0.752. The van der Waals surface area contributed by atoms with Crippen molar-refractivity contribution in [1.29, 1.82) is 0 Å². The smallest absolute Gasteiger partial charge is 0.0964 e. The van der Waals surface area contributed by atoms with Crippen LogP contribution in [0.15, 0.2) is 12.3 Å².